The lowest BCUT2D eigenvalue weighted by Gasteiger charge is -2.11. The molecule has 0 spiro atoms. The number of nitrogens with zero attached hydrogens (tertiary/aromatic N) is 2. The first-order chi connectivity index (χ1) is 10.3. The first kappa shape index (κ1) is 16.8. The number of thioether (sulfide) groups is 1. The van der Waals surface area contributed by atoms with E-state index in [2.05, 4.69) is 15.2 Å². The highest BCUT2D eigenvalue weighted by atomic mass is 32.2. The summed E-state index contributed by atoms with van der Waals surface area (Å²) >= 11 is 2.60. The van der Waals surface area contributed by atoms with Crippen molar-refractivity contribution in [2.45, 2.75) is 29.9 Å². The lowest BCUT2D eigenvalue weighted by molar-refractivity contribution is -0.137. The van der Waals surface area contributed by atoms with Crippen molar-refractivity contribution < 1.29 is 18.0 Å². The van der Waals surface area contributed by atoms with Gasteiger partial charge in [0.1, 0.15) is 12.4 Å². The zero-order chi connectivity index (χ0) is 16.2. The molecule has 0 aliphatic carbocycles. The fourth-order valence-electron chi connectivity index (χ4n) is 1.53. The lowest BCUT2D eigenvalue weighted by Crippen LogP contribution is -2.38. The average molecular weight is 350 g/mol. The molecule has 0 aliphatic heterocycles. The number of hydrogen-bond acceptors (Lipinski definition) is 5. The molecule has 0 aliphatic rings. The Morgan fingerprint density at radius 1 is 1.55 bits per heavy atom. The van der Waals surface area contributed by atoms with Crippen LogP contribution in [0.25, 0.3) is 0 Å². The van der Waals surface area contributed by atoms with Gasteiger partial charge >= 0.3 is 6.18 Å². The summed E-state index contributed by atoms with van der Waals surface area (Å²) in [6, 6.07) is 3.90. The van der Waals surface area contributed by atoms with Gasteiger partial charge in [0, 0.05) is 11.3 Å². The molecule has 0 aromatic carbocycles. The molecule has 0 radical (unpaired) electrons. The van der Waals surface area contributed by atoms with Crippen molar-refractivity contribution in [1.29, 1.82) is 0 Å². The van der Waals surface area contributed by atoms with Crippen molar-refractivity contribution in [3.8, 4) is 0 Å². The number of amides is 1. The van der Waals surface area contributed by atoms with Crippen LogP contribution >= 0.6 is 23.1 Å². The Bertz CT molecular complexity index is 612. The highest BCUT2D eigenvalue weighted by Gasteiger charge is 2.29. The molecule has 0 saturated carbocycles. The normalized spacial score (nSPS) is 13.1. The van der Waals surface area contributed by atoms with Gasteiger partial charge in [0.2, 0.25) is 11.1 Å². The maximum absolute atomic E-state index is 12.0. The fourth-order valence-corrected chi connectivity index (χ4v) is 3.01. The zero-order valence-corrected chi connectivity index (χ0v) is 13.1. The van der Waals surface area contributed by atoms with Crippen LogP contribution in [0.15, 0.2) is 22.7 Å². The maximum atomic E-state index is 12.0. The number of halogens is 3. The van der Waals surface area contributed by atoms with Gasteiger partial charge in [0.25, 0.3) is 0 Å². The molecule has 2 N–H and O–H groups in total. The van der Waals surface area contributed by atoms with Crippen LogP contribution in [0.2, 0.25) is 0 Å². The quantitative estimate of drug-likeness (QED) is 0.786. The summed E-state index contributed by atoms with van der Waals surface area (Å²) in [5.74, 6) is -0.0558. The molecule has 0 fully saturated rings. The summed E-state index contributed by atoms with van der Waals surface area (Å²) in [5.41, 5.74) is 0. The van der Waals surface area contributed by atoms with E-state index >= 15 is 0 Å². The Hall–Kier alpha value is -1.55. The third kappa shape index (κ3) is 5.34. The van der Waals surface area contributed by atoms with Crippen LogP contribution in [0.1, 0.15) is 17.6 Å². The minimum atomic E-state index is -4.42. The van der Waals surface area contributed by atoms with E-state index in [1.165, 1.54) is 6.92 Å². The lowest BCUT2D eigenvalue weighted by atomic mass is 10.3. The molecule has 5 nitrogen and oxygen atoms in total. The molecule has 0 saturated heterocycles. The van der Waals surface area contributed by atoms with Crippen LogP contribution in [0, 0.1) is 0 Å². The number of hydrogen-bond donors (Lipinski definition) is 2. The second-order valence-electron chi connectivity index (χ2n) is 4.41. The van der Waals surface area contributed by atoms with E-state index in [1.54, 1.807) is 11.3 Å². The van der Waals surface area contributed by atoms with Crippen molar-refractivity contribution in [2.75, 3.05) is 6.54 Å². The molecule has 1 unspecified atom stereocenters. The summed E-state index contributed by atoms with van der Waals surface area (Å²) < 4.78 is 36.1. The number of carbonyl (C=O) groups is 1. The second kappa shape index (κ2) is 7.14. The smallest absolute Gasteiger partial charge is 0.346 e. The number of carbonyl (C=O) groups excluding carboxylic acids is 1. The average Bonchev–Trinajstić information content (AvgIpc) is 3.08. The number of rotatable bonds is 6. The summed E-state index contributed by atoms with van der Waals surface area (Å²) in [7, 11) is 0. The van der Waals surface area contributed by atoms with Gasteiger partial charge in [-0.25, -0.2) is 4.98 Å². The van der Waals surface area contributed by atoms with Crippen LogP contribution in [-0.4, -0.2) is 39.1 Å². The Balaban J connectivity index is 1.85. The molecule has 1 atom stereocenters. The minimum absolute atomic E-state index is 0.334. The Morgan fingerprint density at radius 3 is 2.95 bits per heavy atom. The van der Waals surface area contributed by atoms with Gasteiger partial charge in [-0.15, -0.1) is 16.4 Å². The molecule has 2 rings (SSSR count). The minimum Gasteiger partial charge on any atom is -0.346 e. The first-order valence-electron chi connectivity index (χ1n) is 6.28. The number of thiophene rings is 1. The fraction of sp³-hybridized carbons (Fsp3) is 0.417. The molecule has 0 bridgehead atoms. The van der Waals surface area contributed by atoms with E-state index in [-0.39, 0.29) is 0 Å². The monoisotopic (exact) mass is 350 g/mol. The molecule has 10 heteroatoms. The van der Waals surface area contributed by atoms with Gasteiger partial charge in [-0.3, -0.25) is 9.89 Å². The van der Waals surface area contributed by atoms with Gasteiger partial charge in [0.05, 0.1) is 5.25 Å². The van der Waals surface area contributed by atoms with Crippen LogP contribution in [0.3, 0.4) is 0 Å². The molecule has 2 heterocycles. The second-order valence-corrected chi connectivity index (χ2v) is 6.75. The van der Waals surface area contributed by atoms with Gasteiger partial charge in [0.15, 0.2) is 0 Å². The maximum Gasteiger partial charge on any atom is 0.405 e. The van der Waals surface area contributed by atoms with E-state index in [1.807, 2.05) is 22.8 Å². The summed E-state index contributed by atoms with van der Waals surface area (Å²) in [6.45, 7) is 0.167. The summed E-state index contributed by atoms with van der Waals surface area (Å²) in [6.07, 6.45) is -3.82. The number of nitrogens with one attached hydrogen (secondary N) is 2. The van der Waals surface area contributed by atoms with E-state index in [0.29, 0.717) is 17.4 Å². The topological polar surface area (TPSA) is 70.7 Å². The molecular formula is C12H13F3N4OS2. The zero-order valence-electron chi connectivity index (χ0n) is 11.5. The molecule has 1 amide bonds. The summed E-state index contributed by atoms with van der Waals surface area (Å²) in [4.78, 5) is 16.9. The predicted octanol–water partition coefficient (Wildman–Crippen LogP) is 2.62. The van der Waals surface area contributed by atoms with Gasteiger partial charge in [-0.1, -0.05) is 17.8 Å². The number of H-pyrrole nitrogens is 1. The Kier molecular flexibility index (Phi) is 5.46. The van der Waals surface area contributed by atoms with E-state index in [9.17, 15) is 18.0 Å². The summed E-state index contributed by atoms with van der Waals surface area (Å²) in [5, 5.41) is 10.1. The predicted molar refractivity (Wildman–Crippen MR) is 77.9 cm³/mol. The van der Waals surface area contributed by atoms with E-state index in [4.69, 9.17) is 0 Å². The number of aromatic amines is 1. The number of alkyl halides is 3. The third-order valence-electron chi connectivity index (χ3n) is 2.55. The highest BCUT2D eigenvalue weighted by molar-refractivity contribution is 8.00. The van der Waals surface area contributed by atoms with Crippen LogP contribution in [0.4, 0.5) is 13.2 Å². The van der Waals surface area contributed by atoms with Crippen LogP contribution in [0.5, 0.6) is 0 Å². The molecule has 2 aromatic heterocycles. The van der Waals surface area contributed by atoms with Crippen molar-refractivity contribution in [1.82, 2.24) is 20.5 Å². The molecule has 2 aromatic rings. The SMILES string of the molecule is CC(Sc1n[nH]c(Cc2cccs2)n1)C(=O)NCC(F)(F)F. The van der Waals surface area contributed by atoms with Gasteiger partial charge < -0.3 is 5.32 Å². The van der Waals surface area contributed by atoms with E-state index < -0.39 is 23.9 Å². The van der Waals surface area contributed by atoms with Crippen LogP contribution < -0.4 is 5.32 Å². The molecule has 120 valence electrons. The van der Waals surface area contributed by atoms with Crippen molar-refractivity contribution in [2.24, 2.45) is 0 Å². The Labute approximate surface area is 132 Å². The van der Waals surface area contributed by atoms with Gasteiger partial charge in [-0.05, 0) is 18.4 Å². The molecule has 22 heavy (non-hydrogen) atoms. The van der Waals surface area contributed by atoms with Crippen LogP contribution in [-0.2, 0) is 11.2 Å². The van der Waals surface area contributed by atoms with Crippen molar-refractivity contribution in [3.05, 3.63) is 28.2 Å². The number of aromatic nitrogens is 3. The molecular weight excluding hydrogens is 337 g/mol. The first-order valence-corrected chi connectivity index (χ1v) is 8.04. The van der Waals surface area contributed by atoms with Crippen molar-refractivity contribution >= 4 is 29.0 Å². The van der Waals surface area contributed by atoms with Crippen molar-refractivity contribution in [3.63, 3.8) is 0 Å². The van der Waals surface area contributed by atoms with E-state index in [0.717, 1.165) is 16.6 Å². The van der Waals surface area contributed by atoms with Gasteiger partial charge in [-0.2, -0.15) is 13.2 Å². The standard InChI is InChI=1S/C12H13F3N4OS2/c1-7(10(20)16-6-12(13,14)15)22-11-17-9(18-19-11)5-8-3-2-4-21-8/h2-4,7H,5-6H2,1H3,(H,16,20)(H,17,18,19). The Morgan fingerprint density at radius 2 is 2.32 bits per heavy atom. The highest BCUT2D eigenvalue weighted by Crippen LogP contribution is 2.21. The third-order valence-corrected chi connectivity index (χ3v) is 4.38. The largest absolute Gasteiger partial charge is 0.405 e.